The van der Waals surface area contributed by atoms with Gasteiger partial charge in [0.1, 0.15) is 22.6 Å². The van der Waals surface area contributed by atoms with Crippen LogP contribution in [-0.4, -0.2) is 38.1 Å². The Bertz CT molecular complexity index is 1380. The summed E-state index contributed by atoms with van der Waals surface area (Å²) in [6.07, 6.45) is -3.01. The van der Waals surface area contributed by atoms with Crippen molar-refractivity contribution < 1.29 is 21.6 Å². The van der Waals surface area contributed by atoms with Gasteiger partial charge in [0, 0.05) is 16.8 Å². The molecule has 0 radical (unpaired) electrons. The molecule has 0 saturated heterocycles. The maximum Gasteiger partial charge on any atom is 0.433 e. The molecule has 0 amide bonds. The van der Waals surface area contributed by atoms with Crippen LogP contribution < -0.4 is 0 Å². The maximum atomic E-state index is 13.0. The Kier molecular flexibility index (Phi) is 4.60. The summed E-state index contributed by atoms with van der Waals surface area (Å²) >= 11 is 2.08. The van der Waals surface area contributed by atoms with Gasteiger partial charge in [-0.2, -0.15) is 13.2 Å². The van der Waals surface area contributed by atoms with Crippen molar-refractivity contribution in [1.29, 1.82) is 0 Å². The van der Waals surface area contributed by atoms with E-state index in [2.05, 4.69) is 37.5 Å². The molecule has 0 saturated carbocycles. The number of alkyl halides is 3. The predicted molar refractivity (Wildman–Crippen MR) is 108 cm³/mol. The molecule has 0 spiro atoms. The first-order valence-corrected chi connectivity index (χ1v) is 11.1. The molecule has 7 nitrogen and oxygen atoms in total. The van der Waals surface area contributed by atoms with Crippen LogP contribution in [0.2, 0.25) is 0 Å². The number of hydrogen-bond donors (Lipinski definition) is 0. The molecule has 0 aliphatic carbocycles. The van der Waals surface area contributed by atoms with Gasteiger partial charge in [0.05, 0.1) is 5.75 Å². The van der Waals surface area contributed by atoms with Crippen molar-refractivity contribution in [1.82, 2.24) is 23.9 Å². The lowest BCUT2D eigenvalue weighted by Crippen LogP contribution is -2.10. The minimum atomic E-state index is -4.60. The summed E-state index contributed by atoms with van der Waals surface area (Å²) in [5.41, 5.74) is -0.383. The van der Waals surface area contributed by atoms with Crippen molar-refractivity contribution in [3.05, 3.63) is 39.7 Å². The van der Waals surface area contributed by atoms with Gasteiger partial charge in [-0.25, -0.2) is 23.4 Å². The fourth-order valence-electron chi connectivity index (χ4n) is 3.01. The van der Waals surface area contributed by atoms with Crippen molar-refractivity contribution in [3.63, 3.8) is 0 Å². The van der Waals surface area contributed by atoms with Gasteiger partial charge in [0.25, 0.3) is 0 Å². The van der Waals surface area contributed by atoms with Crippen LogP contribution in [0.1, 0.15) is 12.6 Å². The first kappa shape index (κ1) is 20.1. The third-order valence-corrected chi connectivity index (χ3v) is 6.85. The average Bonchev–Trinajstić information content (AvgIpc) is 3.18. The van der Waals surface area contributed by atoms with Crippen LogP contribution >= 0.6 is 22.6 Å². The highest BCUT2D eigenvalue weighted by Crippen LogP contribution is 2.33. The van der Waals surface area contributed by atoms with E-state index in [1.54, 1.807) is 18.3 Å². The van der Waals surface area contributed by atoms with Gasteiger partial charge in [-0.3, -0.25) is 4.40 Å². The lowest BCUT2D eigenvalue weighted by Gasteiger charge is -2.06. The topological polar surface area (TPSA) is 82.1 Å². The molecule has 0 aliphatic heterocycles. The van der Waals surface area contributed by atoms with Crippen LogP contribution in [0.3, 0.4) is 0 Å². The van der Waals surface area contributed by atoms with Crippen molar-refractivity contribution in [2.45, 2.75) is 18.1 Å². The molecule has 0 atom stereocenters. The monoisotopic (exact) mass is 535 g/mol. The molecule has 4 aromatic rings. The van der Waals surface area contributed by atoms with Crippen LogP contribution in [0.15, 0.2) is 35.5 Å². The van der Waals surface area contributed by atoms with E-state index < -0.39 is 21.7 Å². The number of sulfone groups is 1. The number of imidazole rings is 2. The van der Waals surface area contributed by atoms with Gasteiger partial charge >= 0.3 is 6.18 Å². The molecule has 4 aromatic heterocycles. The highest BCUT2D eigenvalue weighted by molar-refractivity contribution is 14.1. The largest absolute Gasteiger partial charge is 0.433 e. The van der Waals surface area contributed by atoms with E-state index in [1.807, 2.05) is 0 Å². The smallest absolute Gasteiger partial charge is 0.310 e. The molecule has 4 heterocycles. The minimum absolute atomic E-state index is 0.0127. The minimum Gasteiger partial charge on any atom is -0.310 e. The second-order valence-electron chi connectivity index (χ2n) is 6.27. The Morgan fingerprint density at radius 1 is 1.14 bits per heavy atom. The van der Waals surface area contributed by atoms with E-state index >= 15 is 0 Å². The lowest BCUT2D eigenvalue weighted by atomic mass is 10.3. The summed E-state index contributed by atoms with van der Waals surface area (Å²) in [5, 5.41) is -0.0548. The quantitative estimate of drug-likeness (QED) is 0.374. The first-order valence-electron chi connectivity index (χ1n) is 8.34. The number of aromatic nitrogens is 5. The van der Waals surface area contributed by atoms with Crippen LogP contribution in [0.5, 0.6) is 0 Å². The molecule has 0 fully saturated rings. The second-order valence-corrected chi connectivity index (χ2v) is 9.71. The zero-order chi connectivity index (χ0) is 21.1. The Morgan fingerprint density at radius 3 is 2.52 bits per heavy atom. The van der Waals surface area contributed by atoms with E-state index in [-0.39, 0.29) is 33.5 Å². The standard InChI is InChI=1S/C17H13F3IN5O2S/c1-3-29(27,28)16-13(24-12-8-9(21)6-7-26(12)16)15-22-10-4-5-11(17(18,19)20)23-14(10)25(15)2/h4-8H,3H2,1-2H3. The van der Waals surface area contributed by atoms with Gasteiger partial charge < -0.3 is 4.57 Å². The van der Waals surface area contributed by atoms with E-state index in [0.29, 0.717) is 5.65 Å². The van der Waals surface area contributed by atoms with E-state index in [9.17, 15) is 21.6 Å². The zero-order valence-electron chi connectivity index (χ0n) is 15.1. The number of fused-ring (bicyclic) bond motifs is 2. The molecule has 152 valence electrons. The van der Waals surface area contributed by atoms with Gasteiger partial charge in [0.2, 0.25) is 0 Å². The summed E-state index contributed by atoms with van der Waals surface area (Å²) < 4.78 is 68.3. The molecule has 29 heavy (non-hydrogen) atoms. The molecule has 0 bridgehead atoms. The van der Waals surface area contributed by atoms with Crippen LogP contribution in [0.4, 0.5) is 13.2 Å². The highest BCUT2D eigenvalue weighted by atomic mass is 127. The third-order valence-electron chi connectivity index (χ3n) is 4.44. The number of pyridine rings is 2. The second kappa shape index (κ2) is 6.65. The molecule has 12 heteroatoms. The Morgan fingerprint density at radius 2 is 1.86 bits per heavy atom. The van der Waals surface area contributed by atoms with Crippen molar-refractivity contribution >= 4 is 49.2 Å². The summed E-state index contributed by atoms with van der Waals surface area (Å²) in [4.78, 5) is 12.4. The number of hydrogen-bond acceptors (Lipinski definition) is 5. The average molecular weight is 535 g/mol. The fourth-order valence-corrected chi connectivity index (χ4v) is 4.61. The fraction of sp³-hybridized carbons (Fsp3) is 0.235. The van der Waals surface area contributed by atoms with Crippen molar-refractivity contribution in [3.8, 4) is 11.5 Å². The summed E-state index contributed by atoms with van der Waals surface area (Å²) in [7, 11) is -2.23. The van der Waals surface area contributed by atoms with Gasteiger partial charge in [0.15, 0.2) is 26.3 Å². The molecule has 0 aromatic carbocycles. The molecule has 4 rings (SSSR count). The lowest BCUT2D eigenvalue weighted by molar-refractivity contribution is -0.141. The number of aryl methyl sites for hydroxylation is 1. The molecular formula is C17H13F3IN5O2S. The Hall–Kier alpha value is -2.22. The summed E-state index contributed by atoms with van der Waals surface area (Å²) in [5.74, 6) is -0.0437. The SMILES string of the molecule is CCS(=O)(=O)c1c(-c2nc3ccc(C(F)(F)F)nc3n2C)nc2cc(I)ccn12. The predicted octanol–water partition coefficient (Wildman–Crippen LogP) is 3.70. The maximum absolute atomic E-state index is 13.0. The Balaban J connectivity index is 2.06. The van der Waals surface area contributed by atoms with Crippen molar-refractivity contribution in [2.75, 3.05) is 5.75 Å². The van der Waals surface area contributed by atoms with Crippen LogP contribution in [0, 0.1) is 3.57 Å². The van der Waals surface area contributed by atoms with E-state index in [0.717, 1.165) is 9.64 Å². The zero-order valence-corrected chi connectivity index (χ0v) is 18.0. The highest BCUT2D eigenvalue weighted by Gasteiger charge is 2.34. The molecule has 0 unspecified atom stereocenters. The Labute approximate surface area is 176 Å². The number of nitrogens with zero attached hydrogens (tertiary/aromatic N) is 5. The molecular weight excluding hydrogens is 522 g/mol. The first-order chi connectivity index (χ1) is 13.5. The van der Waals surface area contributed by atoms with Gasteiger partial charge in [-0.15, -0.1) is 0 Å². The van der Waals surface area contributed by atoms with Gasteiger partial charge in [-0.1, -0.05) is 6.92 Å². The molecule has 0 N–H and O–H groups in total. The number of halogens is 4. The van der Waals surface area contributed by atoms with E-state index in [1.165, 1.54) is 29.0 Å². The van der Waals surface area contributed by atoms with Gasteiger partial charge in [-0.05, 0) is 46.9 Å². The van der Waals surface area contributed by atoms with Crippen LogP contribution in [0.25, 0.3) is 28.3 Å². The number of rotatable bonds is 3. The normalized spacial score (nSPS) is 12.9. The van der Waals surface area contributed by atoms with Crippen LogP contribution in [-0.2, 0) is 23.1 Å². The summed E-state index contributed by atoms with van der Waals surface area (Å²) in [6.45, 7) is 1.51. The molecule has 0 aliphatic rings. The summed E-state index contributed by atoms with van der Waals surface area (Å²) in [6, 6.07) is 5.50. The third kappa shape index (κ3) is 3.27. The van der Waals surface area contributed by atoms with E-state index in [4.69, 9.17) is 0 Å². The van der Waals surface area contributed by atoms with Crippen molar-refractivity contribution in [2.24, 2.45) is 7.05 Å².